The van der Waals surface area contributed by atoms with Crippen molar-refractivity contribution in [3.63, 3.8) is 0 Å². The van der Waals surface area contributed by atoms with Crippen LogP contribution in [0.1, 0.15) is 0 Å². The van der Waals surface area contributed by atoms with Gasteiger partial charge in [-0.05, 0) is 0 Å². The van der Waals surface area contributed by atoms with Crippen LogP contribution in [0.5, 0.6) is 0 Å². The highest BCUT2D eigenvalue weighted by atomic mass is 16.7. The van der Waals surface area contributed by atoms with Crippen LogP contribution in [0.25, 0.3) is 0 Å². The summed E-state index contributed by atoms with van der Waals surface area (Å²) in [6.07, 6.45) is 0.289. The number of hydrogen-bond donors (Lipinski definition) is 2. The third-order valence-corrected chi connectivity index (χ3v) is 1.06. The lowest BCUT2D eigenvalue weighted by molar-refractivity contribution is -0.204. The predicted octanol–water partition coefficient (Wildman–Crippen LogP) is -1.20. The van der Waals surface area contributed by atoms with Gasteiger partial charge in [0.1, 0.15) is 0 Å². The fraction of sp³-hybridized carbons (Fsp3) is 0.600. The van der Waals surface area contributed by atoms with Crippen molar-refractivity contribution in [1.29, 1.82) is 0 Å². The number of nitrogens with one attached hydrogen (secondary N) is 1. The quantitative estimate of drug-likeness (QED) is 0.401. The highest BCUT2D eigenvalue weighted by Gasteiger charge is 2.30. The lowest BCUT2D eigenvalue weighted by atomic mass is 10.5. The molecule has 0 saturated carbocycles. The molecule has 64 valence electrons. The number of methoxy groups -OCH3 is 2. The lowest BCUT2D eigenvalue weighted by Crippen LogP contribution is -2.54. The Labute approximate surface area is 63.6 Å². The summed E-state index contributed by atoms with van der Waals surface area (Å²) in [6, 6.07) is -0.902. The summed E-state index contributed by atoms with van der Waals surface area (Å²) in [4.78, 5) is 20.6. The smallest absolute Gasteiger partial charge is 0.316 e. The molecular weight excluding hydrogens is 152 g/mol. The third-order valence-electron chi connectivity index (χ3n) is 1.06. The molecule has 0 fully saturated rings. The van der Waals surface area contributed by atoms with E-state index in [0.29, 0.717) is 0 Å². The summed E-state index contributed by atoms with van der Waals surface area (Å²) < 4.78 is 9.09. The number of hydrogen-bond acceptors (Lipinski definition) is 4. The summed E-state index contributed by atoms with van der Waals surface area (Å²) >= 11 is 0. The van der Waals surface area contributed by atoms with Gasteiger partial charge in [0.25, 0.3) is 0 Å². The van der Waals surface area contributed by atoms with Crippen LogP contribution in [0.4, 0.5) is 4.79 Å². The van der Waals surface area contributed by atoms with Gasteiger partial charge in [-0.1, -0.05) is 0 Å². The number of urea groups is 1. The normalized spacial score (nSPS) is 10.7. The Balaban J connectivity index is 4.28. The standard InChI is InChI=1S/C5H10N2O4/c1-10-5(3-8,11-2)7-4(6)9/h3H,1-2H3,(H3,6,7,9). The van der Waals surface area contributed by atoms with Gasteiger partial charge in [0.05, 0.1) is 0 Å². The second-order valence-electron chi connectivity index (χ2n) is 1.68. The van der Waals surface area contributed by atoms with Crippen LogP contribution >= 0.6 is 0 Å². The van der Waals surface area contributed by atoms with Crippen LogP contribution in [-0.2, 0) is 14.3 Å². The molecule has 0 aromatic carbocycles. The molecule has 6 heteroatoms. The molecule has 0 rings (SSSR count). The molecule has 0 aromatic heterocycles. The van der Waals surface area contributed by atoms with E-state index in [0.717, 1.165) is 0 Å². The van der Waals surface area contributed by atoms with Crippen molar-refractivity contribution in [2.45, 2.75) is 5.91 Å². The molecule has 0 aromatic rings. The zero-order chi connectivity index (χ0) is 8.91. The Bertz CT molecular complexity index is 155. The van der Waals surface area contributed by atoms with E-state index in [4.69, 9.17) is 5.73 Å². The molecule has 3 N–H and O–H groups in total. The summed E-state index contributed by atoms with van der Waals surface area (Å²) in [5.74, 6) is -1.76. The maximum atomic E-state index is 10.3. The number of carbonyl (C=O) groups excluding carboxylic acids is 2. The first-order chi connectivity index (χ1) is 5.10. The van der Waals surface area contributed by atoms with Crippen LogP contribution < -0.4 is 11.1 Å². The zero-order valence-electron chi connectivity index (χ0n) is 6.29. The SMILES string of the molecule is COC(C=O)(NC(N)=O)OC. The molecule has 6 nitrogen and oxygen atoms in total. The largest absolute Gasteiger partial charge is 0.352 e. The minimum absolute atomic E-state index is 0.289. The Hall–Kier alpha value is -1.14. The fourth-order valence-electron chi connectivity index (χ4n) is 0.483. The third kappa shape index (κ3) is 2.52. The molecule has 0 aliphatic rings. The van der Waals surface area contributed by atoms with E-state index < -0.39 is 11.9 Å². The summed E-state index contributed by atoms with van der Waals surface area (Å²) in [5, 5.41) is 1.97. The Kier molecular flexibility index (Phi) is 3.49. The maximum Gasteiger partial charge on any atom is 0.316 e. The zero-order valence-corrected chi connectivity index (χ0v) is 6.29. The molecule has 0 spiro atoms. The van der Waals surface area contributed by atoms with Gasteiger partial charge in [-0.15, -0.1) is 0 Å². The molecule has 0 saturated heterocycles. The van der Waals surface area contributed by atoms with Crippen molar-refractivity contribution in [2.75, 3.05) is 14.2 Å². The van der Waals surface area contributed by atoms with Gasteiger partial charge in [-0.3, -0.25) is 10.1 Å². The van der Waals surface area contributed by atoms with Crippen molar-refractivity contribution in [3.8, 4) is 0 Å². The van der Waals surface area contributed by atoms with Gasteiger partial charge >= 0.3 is 11.9 Å². The van der Waals surface area contributed by atoms with E-state index in [-0.39, 0.29) is 6.29 Å². The van der Waals surface area contributed by atoms with Crippen LogP contribution in [-0.4, -0.2) is 32.4 Å². The van der Waals surface area contributed by atoms with Gasteiger partial charge in [0, 0.05) is 14.2 Å². The molecule has 0 atom stereocenters. The Morgan fingerprint density at radius 3 is 2.09 bits per heavy atom. The van der Waals surface area contributed by atoms with Gasteiger partial charge in [0.2, 0.25) is 6.29 Å². The molecule has 11 heavy (non-hydrogen) atoms. The van der Waals surface area contributed by atoms with Gasteiger partial charge < -0.3 is 15.2 Å². The molecule has 0 aliphatic heterocycles. The second kappa shape index (κ2) is 3.89. The number of rotatable bonds is 4. The lowest BCUT2D eigenvalue weighted by Gasteiger charge is -2.23. The number of amides is 2. The Morgan fingerprint density at radius 2 is 2.00 bits per heavy atom. The molecule has 0 heterocycles. The Morgan fingerprint density at radius 1 is 1.55 bits per heavy atom. The molecule has 0 bridgehead atoms. The van der Waals surface area contributed by atoms with Crippen molar-refractivity contribution in [3.05, 3.63) is 0 Å². The van der Waals surface area contributed by atoms with Crippen LogP contribution in [0.2, 0.25) is 0 Å². The number of nitrogens with two attached hydrogens (primary N) is 1. The average Bonchev–Trinajstić information content (AvgIpc) is 2.00. The van der Waals surface area contributed by atoms with Crippen molar-refractivity contribution in [2.24, 2.45) is 5.73 Å². The van der Waals surface area contributed by atoms with Crippen LogP contribution in [0.3, 0.4) is 0 Å². The number of primary amides is 1. The summed E-state index contributed by atoms with van der Waals surface area (Å²) in [5.41, 5.74) is 4.74. The van der Waals surface area contributed by atoms with Gasteiger partial charge in [-0.25, -0.2) is 4.79 Å². The topological polar surface area (TPSA) is 90.6 Å². The molecule has 0 aliphatic carbocycles. The fourth-order valence-corrected chi connectivity index (χ4v) is 0.483. The minimum Gasteiger partial charge on any atom is -0.352 e. The second-order valence-corrected chi connectivity index (χ2v) is 1.68. The first kappa shape index (κ1) is 9.86. The monoisotopic (exact) mass is 162 g/mol. The number of aldehydes is 1. The van der Waals surface area contributed by atoms with Gasteiger partial charge in [0.15, 0.2) is 0 Å². The van der Waals surface area contributed by atoms with Crippen LogP contribution in [0.15, 0.2) is 0 Å². The first-order valence-corrected chi connectivity index (χ1v) is 2.74. The van der Waals surface area contributed by atoms with E-state index in [2.05, 4.69) is 9.47 Å². The maximum absolute atomic E-state index is 10.3. The molecular formula is C5H10N2O4. The van der Waals surface area contributed by atoms with Crippen molar-refractivity contribution >= 4 is 12.3 Å². The molecule has 2 amide bonds. The number of ether oxygens (including phenoxy) is 2. The average molecular weight is 162 g/mol. The van der Waals surface area contributed by atoms with E-state index >= 15 is 0 Å². The highest BCUT2D eigenvalue weighted by Crippen LogP contribution is 2.00. The molecule has 0 radical (unpaired) electrons. The highest BCUT2D eigenvalue weighted by molar-refractivity contribution is 5.76. The van der Waals surface area contributed by atoms with Crippen molar-refractivity contribution in [1.82, 2.24) is 5.32 Å². The van der Waals surface area contributed by atoms with Crippen molar-refractivity contribution < 1.29 is 19.1 Å². The minimum atomic E-state index is -1.76. The van der Waals surface area contributed by atoms with E-state index in [1.54, 1.807) is 0 Å². The van der Waals surface area contributed by atoms with Gasteiger partial charge in [-0.2, -0.15) is 0 Å². The summed E-state index contributed by atoms with van der Waals surface area (Å²) in [6.45, 7) is 0. The first-order valence-electron chi connectivity index (χ1n) is 2.74. The predicted molar refractivity (Wildman–Crippen MR) is 35.5 cm³/mol. The van der Waals surface area contributed by atoms with Crippen LogP contribution in [0, 0.1) is 0 Å². The van der Waals surface area contributed by atoms with E-state index in [1.165, 1.54) is 14.2 Å². The number of carbonyl (C=O) groups is 2. The van der Waals surface area contributed by atoms with E-state index in [1.807, 2.05) is 5.32 Å². The molecule has 0 unspecified atom stereocenters. The summed E-state index contributed by atoms with van der Waals surface area (Å²) in [7, 11) is 2.40. The van der Waals surface area contributed by atoms with E-state index in [9.17, 15) is 9.59 Å².